The fourth-order valence-electron chi connectivity index (χ4n) is 1.38. The fourth-order valence-corrected chi connectivity index (χ4v) is 1.38. The zero-order chi connectivity index (χ0) is 10.1. The Hall–Kier alpha value is -0.850. The molecular weight excluding hydrogens is 158 g/mol. The molecule has 1 rings (SSSR count). The first-order chi connectivity index (χ1) is 6.38. The van der Waals surface area contributed by atoms with Crippen molar-refractivity contribution in [3.05, 3.63) is 30.1 Å². The van der Waals surface area contributed by atoms with Gasteiger partial charge in [0, 0.05) is 12.4 Å². The Labute approximate surface area is 82.2 Å². The van der Waals surface area contributed by atoms with E-state index in [1.165, 1.54) is 18.4 Å². The van der Waals surface area contributed by atoms with Gasteiger partial charge < -0.3 is 0 Å². The molecule has 0 spiro atoms. The molecular formula is C12H21N. The molecule has 13 heavy (non-hydrogen) atoms. The first-order valence-electron chi connectivity index (χ1n) is 5.28. The topological polar surface area (TPSA) is 12.9 Å². The monoisotopic (exact) mass is 179 g/mol. The normalized spacial score (nSPS) is 9.31. The molecule has 0 aliphatic carbocycles. The van der Waals surface area contributed by atoms with Crippen LogP contribution in [-0.4, -0.2) is 4.98 Å². The van der Waals surface area contributed by atoms with Gasteiger partial charge in [-0.15, -0.1) is 0 Å². The summed E-state index contributed by atoms with van der Waals surface area (Å²) in [5.74, 6) is 0.698. The molecule has 1 heteroatoms. The first kappa shape index (κ1) is 12.2. The van der Waals surface area contributed by atoms with E-state index in [1.807, 2.05) is 32.3 Å². The minimum Gasteiger partial charge on any atom is -0.264 e. The van der Waals surface area contributed by atoms with E-state index in [0.717, 1.165) is 0 Å². The van der Waals surface area contributed by atoms with Crippen molar-refractivity contribution in [2.45, 2.75) is 46.5 Å². The van der Waals surface area contributed by atoms with Crippen molar-refractivity contribution < 1.29 is 0 Å². The largest absolute Gasteiger partial charge is 0.264 e. The van der Waals surface area contributed by atoms with Crippen LogP contribution in [0.1, 0.15) is 52.0 Å². The van der Waals surface area contributed by atoms with Crippen molar-refractivity contribution in [3.8, 4) is 0 Å². The highest BCUT2D eigenvalue weighted by Crippen LogP contribution is 2.20. The van der Waals surface area contributed by atoms with Crippen LogP contribution in [0.3, 0.4) is 0 Å². The summed E-state index contributed by atoms with van der Waals surface area (Å²) < 4.78 is 0. The van der Waals surface area contributed by atoms with Gasteiger partial charge in [0.2, 0.25) is 0 Å². The molecule has 0 bridgehead atoms. The highest BCUT2D eigenvalue weighted by Gasteiger charge is 2.04. The molecule has 1 heterocycles. The lowest BCUT2D eigenvalue weighted by Gasteiger charge is -2.10. The van der Waals surface area contributed by atoms with Gasteiger partial charge >= 0.3 is 0 Å². The summed E-state index contributed by atoms with van der Waals surface area (Å²) in [4.78, 5) is 4.10. The second-order valence-corrected chi connectivity index (χ2v) is 2.80. The quantitative estimate of drug-likeness (QED) is 0.683. The molecule has 0 aliphatic rings. The number of hydrogen-bond donors (Lipinski definition) is 0. The van der Waals surface area contributed by atoms with E-state index in [1.54, 1.807) is 0 Å². The first-order valence-corrected chi connectivity index (χ1v) is 5.28. The van der Waals surface area contributed by atoms with Crippen molar-refractivity contribution in [3.63, 3.8) is 0 Å². The molecule has 0 amide bonds. The second-order valence-electron chi connectivity index (χ2n) is 2.80. The van der Waals surface area contributed by atoms with Crippen LogP contribution >= 0.6 is 0 Å². The Morgan fingerprint density at radius 2 is 1.85 bits per heavy atom. The number of nitrogens with zero attached hydrogens (tertiary/aromatic N) is 1. The predicted molar refractivity (Wildman–Crippen MR) is 58.9 cm³/mol. The van der Waals surface area contributed by atoms with Crippen molar-refractivity contribution >= 4 is 0 Å². The molecule has 0 fully saturated rings. The van der Waals surface area contributed by atoms with E-state index >= 15 is 0 Å². The van der Waals surface area contributed by atoms with Gasteiger partial charge in [0.25, 0.3) is 0 Å². The maximum atomic E-state index is 4.10. The molecule has 0 saturated carbocycles. The van der Waals surface area contributed by atoms with E-state index < -0.39 is 0 Å². The molecule has 0 N–H and O–H groups in total. The van der Waals surface area contributed by atoms with Crippen LogP contribution in [0.25, 0.3) is 0 Å². The zero-order valence-corrected chi connectivity index (χ0v) is 9.25. The molecule has 0 aliphatic heterocycles. The Morgan fingerprint density at radius 3 is 2.23 bits per heavy atom. The highest BCUT2D eigenvalue weighted by molar-refractivity contribution is 5.13. The third-order valence-electron chi connectivity index (χ3n) is 2.14. The Balaban J connectivity index is 0.000000671. The highest BCUT2D eigenvalue weighted by atomic mass is 14.6. The van der Waals surface area contributed by atoms with Gasteiger partial charge in [-0.2, -0.15) is 0 Å². The summed E-state index contributed by atoms with van der Waals surface area (Å²) in [5, 5.41) is 0. The van der Waals surface area contributed by atoms with Crippen LogP contribution in [0.15, 0.2) is 24.5 Å². The fraction of sp³-hybridized carbons (Fsp3) is 0.583. The molecule has 0 unspecified atom stereocenters. The summed E-state index contributed by atoms with van der Waals surface area (Å²) in [6.07, 6.45) is 6.22. The lowest BCUT2D eigenvalue weighted by molar-refractivity contribution is 0.639. The SMILES string of the molecule is CC.CCC(CC)c1cccnc1. The number of pyridine rings is 1. The molecule has 1 nitrogen and oxygen atoms in total. The molecule has 1 aromatic rings. The Morgan fingerprint density at radius 1 is 1.23 bits per heavy atom. The van der Waals surface area contributed by atoms with Crippen molar-refractivity contribution in [1.82, 2.24) is 4.98 Å². The van der Waals surface area contributed by atoms with Gasteiger partial charge in [-0.1, -0.05) is 33.8 Å². The minimum atomic E-state index is 0.698. The van der Waals surface area contributed by atoms with Crippen LogP contribution in [0.5, 0.6) is 0 Å². The lowest BCUT2D eigenvalue weighted by atomic mass is 9.96. The molecule has 1 aromatic heterocycles. The average molecular weight is 179 g/mol. The third kappa shape index (κ3) is 4.07. The number of rotatable bonds is 3. The van der Waals surface area contributed by atoms with Crippen molar-refractivity contribution in [2.24, 2.45) is 0 Å². The van der Waals surface area contributed by atoms with E-state index in [9.17, 15) is 0 Å². The van der Waals surface area contributed by atoms with E-state index in [4.69, 9.17) is 0 Å². The third-order valence-corrected chi connectivity index (χ3v) is 2.14. The molecule has 0 saturated heterocycles. The summed E-state index contributed by atoms with van der Waals surface area (Å²) in [7, 11) is 0. The van der Waals surface area contributed by atoms with E-state index in [-0.39, 0.29) is 0 Å². The van der Waals surface area contributed by atoms with Crippen LogP contribution in [0.4, 0.5) is 0 Å². The average Bonchev–Trinajstić information content (AvgIpc) is 2.24. The van der Waals surface area contributed by atoms with Crippen LogP contribution < -0.4 is 0 Å². The van der Waals surface area contributed by atoms with Gasteiger partial charge in [0.1, 0.15) is 0 Å². The Kier molecular flexibility index (Phi) is 7.27. The van der Waals surface area contributed by atoms with Crippen molar-refractivity contribution in [1.29, 1.82) is 0 Å². The maximum absolute atomic E-state index is 4.10. The summed E-state index contributed by atoms with van der Waals surface area (Å²) in [6.45, 7) is 8.45. The minimum absolute atomic E-state index is 0.698. The molecule has 74 valence electrons. The van der Waals surface area contributed by atoms with Crippen LogP contribution in [-0.2, 0) is 0 Å². The summed E-state index contributed by atoms with van der Waals surface area (Å²) in [6, 6.07) is 4.16. The maximum Gasteiger partial charge on any atom is 0.0302 e. The number of aromatic nitrogens is 1. The summed E-state index contributed by atoms with van der Waals surface area (Å²) >= 11 is 0. The van der Waals surface area contributed by atoms with Gasteiger partial charge in [0.15, 0.2) is 0 Å². The van der Waals surface area contributed by atoms with Crippen molar-refractivity contribution in [2.75, 3.05) is 0 Å². The van der Waals surface area contributed by atoms with E-state index in [0.29, 0.717) is 5.92 Å². The molecule has 0 aromatic carbocycles. The Bertz CT molecular complexity index is 190. The smallest absolute Gasteiger partial charge is 0.0302 e. The standard InChI is InChI=1S/C10H15N.C2H6/c1-3-9(4-2)10-6-5-7-11-8-10;1-2/h5-9H,3-4H2,1-2H3;1-2H3. The van der Waals surface area contributed by atoms with Gasteiger partial charge in [-0.25, -0.2) is 0 Å². The number of hydrogen-bond acceptors (Lipinski definition) is 1. The van der Waals surface area contributed by atoms with Gasteiger partial charge in [-0.05, 0) is 30.4 Å². The van der Waals surface area contributed by atoms with Gasteiger partial charge in [0.05, 0.1) is 0 Å². The second kappa shape index (κ2) is 7.78. The molecule has 0 radical (unpaired) electrons. The predicted octanol–water partition coefficient (Wildman–Crippen LogP) is 4.01. The summed E-state index contributed by atoms with van der Waals surface area (Å²) in [5.41, 5.74) is 1.37. The van der Waals surface area contributed by atoms with Crippen LogP contribution in [0.2, 0.25) is 0 Å². The molecule has 0 atom stereocenters. The zero-order valence-electron chi connectivity index (χ0n) is 9.25. The van der Waals surface area contributed by atoms with E-state index in [2.05, 4.69) is 24.9 Å². The van der Waals surface area contributed by atoms with Gasteiger partial charge in [-0.3, -0.25) is 4.98 Å². The van der Waals surface area contributed by atoms with Crippen LogP contribution in [0, 0.1) is 0 Å². The lowest BCUT2D eigenvalue weighted by Crippen LogP contribution is -1.94.